The molecule has 0 aromatic carbocycles. The number of urea groups is 1. The molecule has 0 spiro atoms. The average Bonchev–Trinajstić information content (AvgIpc) is 2.84. The number of nitrogens with two attached hydrogens (primary N) is 1. The molecule has 1 heterocycles. The molecular weight excluding hydrogens is 278 g/mol. The lowest BCUT2D eigenvalue weighted by atomic mass is 9.72. The van der Waals surface area contributed by atoms with Crippen LogP contribution in [0.15, 0.2) is 23.3 Å². The Morgan fingerprint density at radius 2 is 2.14 bits per heavy atom. The first kappa shape index (κ1) is 16.6. The van der Waals surface area contributed by atoms with Crippen molar-refractivity contribution in [2.45, 2.75) is 52.5 Å². The van der Waals surface area contributed by atoms with E-state index in [0.29, 0.717) is 13.1 Å². The highest BCUT2D eigenvalue weighted by Crippen LogP contribution is 2.40. The molecule has 0 radical (unpaired) electrons. The van der Waals surface area contributed by atoms with Crippen LogP contribution in [0.3, 0.4) is 0 Å². The molecule has 2 rings (SSSR count). The summed E-state index contributed by atoms with van der Waals surface area (Å²) in [6, 6.07) is -0.554. The minimum absolute atomic E-state index is 0.00967. The van der Waals surface area contributed by atoms with Crippen LogP contribution < -0.4 is 11.1 Å². The molecule has 0 aromatic heterocycles. The summed E-state index contributed by atoms with van der Waals surface area (Å²) < 4.78 is 0. The largest absolute Gasteiger partial charge is 0.352 e. The molecule has 3 N–H and O–H groups in total. The van der Waals surface area contributed by atoms with Crippen molar-refractivity contribution in [2.75, 3.05) is 13.1 Å². The van der Waals surface area contributed by atoms with Crippen LogP contribution in [0, 0.1) is 5.41 Å². The molecule has 1 fully saturated rings. The third kappa shape index (κ3) is 3.90. The van der Waals surface area contributed by atoms with E-state index in [0.717, 1.165) is 19.3 Å². The number of allylic oxidation sites excluding steroid dienone is 3. The van der Waals surface area contributed by atoms with Crippen molar-refractivity contribution < 1.29 is 9.59 Å². The second kappa shape index (κ2) is 6.55. The summed E-state index contributed by atoms with van der Waals surface area (Å²) in [6.07, 6.45) is 7.93. The maximum absolute atomic E-state index is 12.3. The van der Waals surface area contributed by atoms with Crippen molar-refractivity contribution in [3.63, 3.8) is 0 Å². The maximum Gasteiger partial charge on any atom is 0.312 e. The molecule has 1 aliphatic carbocycles. The molecule has 5 nitrogen and oxygen atoms in total. The fraction of sp³-hybridized carbons (Fsp3) is 0.647. The summed E-state index contributed by atoms with van der Waals surface area (Å²) in [5.74, 6) is 0.00967. The Bertz CT molecular complexity index is 520. The molecule has 0 saturated carbocycles. The molecule has 5 heteroatoms. The van der Waals surface area contributed by atoms with Crippen LogP contribution in [0.25, 0.3) is 0 Å². The molecule has 3 amide bonds. The van der Waals surface area contributed by atoms with E-state index in [2.05, 4.69) is 26.1 Å². The fourth-order valence-corrected chi connectivity index (χ4v) is 3.55. The van der Waals surface area contributed by atoms with Crippen molar-refractivity contribution in [3.05, 3.63) is 23.3 Å². The summed E-state index contributed by atoms with van der Waals surface area (Å²) in [7, 11) is 0. The van der Waals surface area contributed by atoms with Crippen molar-refractivity contribution in [2.24, 2.45) is 11.1 Å². The number of nitrogens with zero attached hydrogens (tertiary/aromatic N) is 1. The topological polar surface area (TPSA) is 75.4 Å². The monoisotopic (exact) mass is 305 g/mol. The van der Waals surface area contributed by atoms with Crippen LogP contribution in [0.1, 0.15) is 46.5 Å². The number of carbonyl (C=O) groups is 2. The van der Waals surface area contributed by atoms with Crippen LogP contribution >= 0.6 is 0 Å². The molecule has 1 aliphatic heterocycles. The second-order valence-corrected chi connectivity index (χ2v) is 7.04. The number of likely N-dealkylation sites (tertiary alicyclic amines) is 1. The Hall–Kier alpha value is -1.78. The Kier molecular flexibility index (Phi) is 4.94. The lowest BCUT2D eigenvalue weighted by Gasteiger charge is -2.33. The summed E-state index contributed by atoms with van der Waals surface area (Å²) >= 11 is 0. The van der Waals surface area contributed by atoms with E-state index < -0.39 is 6.03 Å². The van der Waals surface area contributed by atoms with Gasteiger partial charge in [0.15, 0.2) is 0 Å². The van der Waals surface area contributed by atoms with E-state index in [1.807, 2.05) is 6.08 Å². The first-order valence-electron chi connectivity index (χ1n) is 8.03. The van der Waals surface area contributed by atoms with Gasteiger partial charge in [-0.15, -0.1) is 0 Å². The normalized spacial score (nSPS) is 24.9. The summed E-state index contributed by atoms with van der Waals surface area (Å²) in [5.41, 5.74) is 7.93. The van der Waals surface area contributed by atoms with Gasteiger partial charge in [-0.2, -0.15) is 0 Å². The van der Waals surface area contributed by atoms with Gasteiger partial charge in [-0.3, -0.25) is 4.79 Å². The molecule has 0 bridgehead atoms. The predicted octanol–water partition coefficient (Wildman–Crippen LogP) is 2.34. The highest BCUT2D eigenvalue weighted by molar-refractivity contribution is 5.88. The van der Waals surface area contributed by atoms with Gasteiger partial charge in [0.1, 0.15) is 0 Å². The van der Waals surface area contributed by atoms with Crippen LogP contribution in [-0.4, -0.2) is 36.0 Å². The van der Waals surface area contributed by atoms with Crippen molar-refractivity contribution >= 4 is 11.9 Å². The van der Waals surface area contributed by atoms with E-state index >= 15 is 0 Å². The van der Waals surface area contributed by atoms with Gasteiger partial charge in [0.05, 0.1) is 0 Å². The SMILES string of the molecule is CC1=C(/C=C/C(=O)N2CC[C@H](NC(N)=O)C2)C(C)(C)CCC1. The number of amides is 3. The minimum Gasteiger partial charge on any atom is -0.352 e. The van der Waals surface area contributed by atoms with Crippen LogP contribution in [0.5, 0.6) is 0 Å². The van der Waals surface area contributed by atoms with E-state index in [9.17, 15) is 9.59 Å². The number of hydrogen-bond donors (Lipinski definition) is 2. The summed E-state index contributed by atoms with van der Waals surface area (Å²) in [4.78, 5) is 24.9. The first-order chi connectivity index (χ1) is 10.3. The predicted molar refractivity (Wildman–Crippen MR) is 87.2 cm³/mol. The number of hydrogen-bond acceptors (Lipinski definition) is 2. The number of carbonyl (C=O) groups excluding carboxylic acids is 2. The molecule has 2 aliphatic rings. The van der Waals surface area contributed by atoms with Crippen molar-refractivity contribution in [1.82, 2.24) is 10.2 Å². The fourth-order valence-electron chi connectivity index (χ4n) is 3.55. The van der Waals surface area contributed by atoms with E-state index in [1.54, 1.807) is 11.0 Å². The zero-order valence-corrected chi connectivity index (χ0v) is 13.8. The third-order valence-electron chi connectivity index (χ3n) is 4.78. The van der Waals surface area contributed by atoms with E-state index in [4.69, 9.17) is 5.73 Å². The minimum atomic E-state index is -0.528. The number of nitrogens with one attached hydrogen (secondary N) is 1. The summed E-state index contributed by atoms with van der Waals surface area (Å²) in [5, 5.41) is 2.66. The quantitative estimate of drug-likeness (QED) is 0.785. The molecule has 0 unspecified atom stereocenters. The highest BCUT2D eigenvalue weighted by atomic mass is 16.2. The Morgan fingerprint density at radius 1 is 1.41 bits per heavy atom. The van der Waals surface area contributed by atoms with Gasteiger partial charge in [-0.1, -0.05) is 25.5 Å². The smallest absolute Gasteiger partial charge is 0.312 e. The third-order valence-corrected chi connectivity index (χ3v) is 4.78. The number of primary amides is 1. The zero-order valence-electron chi connectivity index (χ0n) is 13.8. The van der Waals surface area contributed by atoms with Crippen LogP contribution in [0.2, 0.25) is 0 Å². The standard InChI is InChI=1S/C17H27N3O2/c1-12-5-4-9-17(2,3)14(12)6-7-15(21)20-10-8-13(11-20)19-16(18)22/h6-7,13H,4-5,8-11H2,1-3H3,(H3,18,19,22)/b7-6+/t13-/m0/s1. The molecule has 0 aromatic rings. The average molecular weight is 305 g/mol. The van der Waals surface area contributed by atoms with Crippen molar-refractivity contribution in [1.29, 1.82) is 0 Å². The van der Waals surface area contributed by atoms with Crippen LogP contribution in [-0.2, 0) is 4.79 Å². The van der Waals surface area contributed by atoms with Gasteiger partial charge in [-0.05, 0) is 43.6 Å². The Balaban J connectivity index is 1.99. The van der Waals surface area contributed by atoms with Gasteiger partial charge >= 0.3 is 6.03 Å². The maximum atomic E-state index is 12.3. The Labute approximate surface area is 132 Å². The van der Waals surface area contributed by atoms with E-state index in [-0.39, 0.29) is 17.4 Å². The summed E-state index contributed by atoms with van der Waals surface area (Å²) in [6.45, 7) is 7.84. The van der Waals surface area contributed by atoms with Gasteiger partial charge in [0.25, 0.3) is 0 Å². The first-order valence-corrected chi connectivity index (χ1v) is 8.03. The second-order valence-electron chi connectivity index (χ2n) is 7.04. The van der Waals surface area contributed by atoms with Crippen molar-refractivity contribution in [3.8, 4) is 0 Å². The lowest BCUT2D eigenvalue weighted by molar-refractivity contribution is -0.125. The molecule has 122 valence electrons. The van der Waals surface area contributed by atoms with Gasteiger partial charge < -0.3 is 16.0 Å². The van der Waals surface area contributed by atoms with E-state index in [1.165, 1.54) is 17.6 Å². The zero-order chi connectivity index (χ0) is 16.3. The Morgan fingerprint density at radius 3 is 2.77 bits per heavy atom. The number of rotatable bonds is 3. The van der Waals surface area contributed by atoms with Crippen LogP contribution in [0.4, 0.5) is 4.79 Å². The van der Waals surface area contributed by atoms with Gasteiger partial charge in [0.2, 0.25) is 5.91 Å². The molecule has 22 heavy (non-hydrogen) atoms. The lowest BCUT2D eigenvalue weighted by Crippen LogP contribution is -2.40. The molecular formula is C17H27N3O2. The molecule has 1 atom stereocenters. The van der Waals surface area contributed by atoms with Gasteiger partial charge in [-0.25, -0.2) is 4.79 Å². The van der Waals surface area contributed by atoms with Gasteiger partial charge in [0, 0.05) is 25.2 Å². The highest BCUT2D eigenvalue weighted by Gasteiger charge is 2.28. The molecule has 1 saturated heterocycles.